The van der Waals surface area contributed by atoms with Crippen LogP contribution in [0.2, 0.25) is 0 Å². The topological polar surface area (TPSA) is 58.4 Å². The molecular weight excluding hydrogens is 349 g/mol. The summed E-state index contributed by atoms with van der Waals surface area (Å²) in [6.45, 7) is -0.0797. The maximum atomic E-state index is 12.8. The molecule has 0 aliphatic heterocycles. The van der Waals surface area contributed by atoms with Gasteiger partial charge in [0.15, 0.2) is 0 Å². The first kappa shape index (κ1) is 19.5. The van der Waals surface area contributed by atoms with Crippen LogP contribution >= 0.6 is 0 Å². The average Bonchev–Trinajstić information content (AvgIpc) is 3.01. The van der Waals surface area contributed by atoms with Gasteiger partial charge >= 0.3 is 6.18 Å². The predicted molar refractivity (Wildman–Crippen MR) is 88.2 cm³/mol. The minimum atomic E-state index is -4.43. The highest BCUT2D eigenvalue weighted by Crippen LogP contribution is 2.29. The average molecular weight is 368 g/mol. The molecule has 140 valence electrons. The van der Waals surface area contributed by atoms with E-state index in [1.807, 2.05) is 0 Å². The van der Waals surface area contributed by atoms with E-state index < -0.39 is 11.7 Å². The number of likely N-dealkylation sites (N-methyl/N-ethyl adjacent to an activating group) is 1. The summed E-state index contributed by atoms with van der Waals surface area (Å²) in [5.74, 6) is -0.574. The molecule has 1 heterocycles. The van der Waals surface area contributed by atoms with Crippen LogP contribution in [0.25, 0.3) is 0 Å². The monoisotopic (exact) mass is 368 g/mol. The van der Waals surface area contributed by atoms with Crippen molar-refractivity contribution in [2.24, 2.45) is 0 Å². The van der Waals surface area contributed by atoms with E-state index in [2.05, 4.69) is 5.10 Å². The molecular formula is C17H19F3N4O2. The zero-order chi connectivity index (χ0) is 19.5. The maximum absolute atomic E-state index is 12.8. The molecule has 0 N–H and O–H groups in total. The van der Waals surface area contributed by atoms with E-state index in [9.17, 15) is 22.8 Å². The summed E-state index contributed by atoms with van der Waals surface area (Å²) in [5, 5.41) is 3.97. The third-order valence-electron chi connectivity index (χ3n) is 3.68. The Morgan fingerprint density at radius 2 is 1.88 bits per heavy atom. The molecule has 1 aromatic carbocycles. The Morgan fingerprint density at radius 1 is 1.19 bits per heavy atom. The number of halogens is 3. The molecule has 0 radical (unpaired) electrons. The second-order valence-corrected chi connectivity index (χ2v) is 6.07. The van der Waals surface area contributed by atoms with Gasteiger partial charge in [0.2, 0.25) is 5.91 Å². The van der Waals surface area contributed by atoms with Gasteiger partial charge in [-0.2, -0.15) is 18.3 Å². The fourth-order valence-corrected chi connectivity index (χ4v) is 2.29. The molecule has 0 saturated heterocycles. The highest BCUT2D eigenvalue weighted by Gasteiger charge is 2.30. The minimum Gasteiger partial charge on any atom is -0.345 e. The highest BCUT2D eigenvalue weighted by atomic mass is 19.4. The second-order valence-electron chi connectivity index (χ2n) is 6.07. The number of aromatic nitrogens is 2. The summed E-state index contributed by atoms with van der Waals surface area (Å²) in [4.78, 5) is 26.8. The zero-order valence-corrected chi connectivity index (χ0v) is 14.6. The maximum Gasteiger partial charge on any atom is 0.416 e. The molecule has 6 nitrogen and oxygen atoms in total. The molecule has 1 aromatic heterocycles. The highest BCUT2D eigenvalue weighted by molar-refractivity contribution is 5.93. The van der Waals surface area contributed by atoms with Crippen molar-refractivity contribution in [2.45, 2.75) is 19.3 Å². The fourth-order valence-electron chi connectivity index (χ4n) is 2.29. The van der Waals surface area contributed by atoms with Crippen LogP contribution in [0.5, 0.6) is 0 Å². The molecule has 0 saturated carbocycles. The largest absolute Gasteiger partial charge is 0.416 e. The van der Waals surface area contributed by atoms with E-state index in [-0.39, 0.29) is 24.9 Å². The Balaban J connectivity index is 2.01. The molecule has 0 bridgehead atoms. The van der Waals surface area contributed by atoms with E-state index in [1.165, 1.54) is 46.1 Å². The number of benzene rings is 1. The van der Waals surface area contributed by atoms with E-state index in [0.717, 1.165) is 12.1 Å². The van der Waals surface area contributed by atoms with Crippen molar-refractivity contribution in [3.63, 3.8) is 0 Å². The van der Waals surface area contributed by atoms with E-state index in [1.54, 1.807) is 14.1 Å². The summed E-state index contributed by atoms with van der Waals surface area (Å²) >= 11 is 0. The molecule has 0 aliphatic carbocycles. The van der Waals surface area contributed by atoms with Crippen LogP contribution in [0.3, 0.4) is 0 Å². The first-order valence-corrected chi connectivity index (χ1v) is 7.72. The van der Waals surface area contributed by atoms with Crippen LogP contribution in [0.1, 0.15) is 21.5 Å². The van der Waals surface area contributed by atoms with Crippen molar-refractivity contribution in [1.29, 1.82) is 0 Å². The quantitative estimate of drug-likeness (QED) is 0.814. The van der Waals surface area contributed by atoms with E-state index in [4.69, 9.17) is 0 Å². The van der Waals surface area contributed by atoms with Gasteiger partial charge in [0.1, 0.15) is 6.54 Å². The molecule has 0 spiro atoms. The number of alkyl halides is 3. The number of nitrogens with zero attached hydrogens (tertiary/aromatic N) is 4. The number of amides is 2. The standard InChI is InChI=1S/C17H19F3N4O2/c1-22(2)16(26)13-8-21-24(10-13)11-15(25)23(3)9-12-5-4-6-14(7-12)17(18,19)20/h4-8,10H,9,11H2,1-3H3. The van der Waals surface area contributed by atoms with E-state index >= 15 is 0 Å². The molecule has 2 aromatic rings. The van der Waals surface area contributed by atoms with Crippen molar-refractivity contribution in [1.82, 2.24) is 19.6 Å². The number of carbonyl (C=O) groups is 2. The third kappa shape index (κ3) is 4.84. The first-order chi connectivity index (χ1) is 12.1. The molecule has 0 unspecified atom stereocenters. The lowest BCUT2D eigenvalue weighted by atomic mass is 10.1. The summed E-state index contributed by atoms with van der Waals surface area (Å²) < 4.78 is 39.6. The van der Waals surface area contributed by atoms with Crippen molar-refractivity contribution in [3.05, 3.63) is 53.3 Å². The lowest BCUT2D eigenvalue weighted by Gasteiger charge is -2.18. The second kappa shape index (κ2) is 7.59. The van der Waals surface area contributed by atoms with Gasteiger partial charge in [-0.1, -0.05) is 12.1 Å². The zero-order valence-electron chi connectivity index (χ0n) is 14.6. The molecule has 0 atom stereocenters. The van der Waals surface area contributed by atoms with Gasteiger partial charge < -0.3 is 9.80 Å². The summed E-state index contributed by atoms with van der Waals surface area (Å²) in [7, 11) is 4.71. The van der Waals surface area contributed by atoms with Crippen LogP contribution in [-0.2, 0) is 24.1 Å². The van der Waals surface area contributed by atoms with Crippen LogP contribution < -0.4 is 0 Å². The van der Waals surface area contributed by atoms with Crippen LogP contribution in [-0.4, -0.2) is 52.5 Å². The van der Waals surface area contributed by atoms with Crippen molar-refractivity contribution in [3.8, 4) is 0 Å². The molecule has 0 fully saturated rings. The molecule has 9 heteroatoms. The van der Waals surface area contributed by atoms with Crippen molar-refractivity contribution in [2.75, 3.05) is 21.1 Å². The smallest absolute Gasteiger partial charge is 0.345 e. The lowest BCUT2D eigenvalue weighted by Crippen LogP contribution is -2.30. The Morgan fingerprint density at radius 3 is 2.50 bits per heavy atom. The number of carbonyl (C=O) groups excluding carboxylic acids is 2. The van der Waals surface area contributed by atoms with Gasteiger partial charge in [0, 0.05) is 33.9 Å². The fraction of sp³-hybridized carbons (Fsp3) is 0.353. The third-order valence-corrected chi connectivity index (χ3v) is 3.68. The van der Waals surface area contributed by atoms with Crippen LogP contribution in [0.15, 0.2) is 36.7 Å². The minimum absolute atomic E-state index is 0.0352. The van der Waals surface area contributed by atoms with Gasteiger partial charge in [0.25, 0.3) is 5.91 Å². The van der Waals surface area contributed by atoms with Gasteiger partial charge in [-0.05, 0) is 17.7 Å². The number of rotatable bonds is 5. The van der Waals surface area contributed by atoms with Crippen LogP contribution in [0, 0.1) is 0 Å². The van der Waals surface area contributed by atoms with E-state index in [0.29, 0.717) is 11.1 Å². The SMILES string of the molecule is CN(C)C(=O)c1cnn(CC(=O)N(C)Cc2cccc(C(F)(F)F)c2)c1. The molecule has 0 aliphatic rings. The molecule has 2 amide bonds. The summed E-state index contributed by atoms with van der Waals surface area (Å²) in [6, 6.07) is 4.84. The molecule has 2 rings (SSSR count). The van der Waals surface area contributed by atoms with Crippen LogP contribution in [0.4, 0.5) is 13.2 Å². The van der Waals surface area contributed by atoms with Gasteiger partial charge in [0.05, 0.1) is 17.3 Å². The Hall–Kier alpha value is -2.84. The van der Waals surface area contributed by atoms with Crippen molar-refractivity contribution < 1.29 is 22.8 Å². The Bertz CT molecular complexity index is 799. The number of hydrogen-bond donors (Lipinski definition) is 0. The van der Waals surface area contributed by atoms with Gasteiger partial charge in [-0.15, -0.1) is 0 Å². The van der Waals surface area contributed by atoms with Crippen molar-refractivity contribution >= 4 is 11.8 Å². The van der Waals surface area contributed by atoms with Gasteiger partial charge in [-0.25, -0.2) is 0 Å². The Labute approximate surface area is 148 Å². The summed E-state index contributed by atoms with van der Waals surface area (Å²) in [5.41, 5.74) is -0.0299. The predicted octanol–water partition coefficient (Wildman–Crippen LogP) is 2.26. The van der Waals surface area contributed by atoms with Gasteiger partial charge in [-0.3, -0.25) is 14.3 Å². The molecule has 26 heavy (non-hydrogen) atoms. The number of hydrogen-bond acceptors (Lipinski definition) is 3. The lowest BCUT2D eigenvalue weighted by molar-refractivity contribution is -0.137. The first-order valence-electron chi connectivity index (χ1n) is 7.72. The Kier molecular flexibility index (Phi) is 5.69. The normalized spacial score (nSPS) is 11.3. The summed E-state index contributed by atoms with van der Waals surface area (Å²) in [6.07, 6.45) is -1.61.